The summed E-state index contributed by atoms with van der Waals surface area (Å²) in [4.78, 5) is 14.3. The molecule has 6 nitrogen and oxygen atoms in total. The lowest BCUT2D eigenvalue weighted by Crippen LogP contribution is -2.39. The van der Waals surface area contributed by atoms with Gasteiger partial charge in [-0.15, -0.1) is 12.4 Å². The first-order valence-electron chi connectivity index (χ1n) is 8.31. The Kier molecular flexibility index (Phi) is 8.27. The second kappa shape index (κ2) is 9.20. The Balaban J connectivity index is 0.00000264. The molecule has 2 saturated heterocycles. The molecule has 0 aromatic heterocycles. The fraction of sp³-hybridized carbons (Fsp3) is 0.933. The number of halogens is 1. The van der Waals surface area contributed by atoms with Crippen LogP contribution >= 0.6 is 12.4 Å². The molecule has 136 valence electrons. The summed E-state index contributed by atoms with van der Waals surface area (Å²) in [5.41, 5.74) is 0. The van der Waals surface area contributed by atoms with Gasteiger partial charge in [-0.05, 0) is 44.2 Å². The Morgan fingerprint density at radius 3 is 2.57 bits per heavy atom. The quantitative estimate of drug-likeness (QED) is 0.802. The third kappa shape index (κ3) is 6.21. The largest absolute Gasteiger partial charge is 0.341 e. The zero-order valence-corrected chi connectivity index (χ0v) is 15.8. The molecule has 0 aromatic rings. The molecule has 0 radical (unpaired) electrons. The van der Waals surface area contributed by atoms with Crippen LogP contribution in [-0.4, -0.2) is 69.1 Å². The van der Waals surface area contributed by atoms with E-state index in [1.807, 2.05) is 4.90 Å². The molecule has 0 spiro atoms. The molecule has 0 saturated carbocycles. The molecule has 2 heterocycles. The summed E-state index contributed by atoms with van der Waals surface area (Å²) in [6.07, 6.45) is 4.92. The lowest BCUT2D eigenvalue weighted by Gasteiger charge is -2.30. The van der Waals surface area contributed by atoms with Crippen molar-refractivity contribution in [2.24, 2.45) is 11.8 Å². The third-order valence-electron chi connectivity index (χ3n) is 4.91. The number of nitrogens with one attached hydrogen (secondary N) is 1. The van der Waals surface area contributed by atoms with Crippen LogP contribution in [0.3, 0.4) is 0 Å². The van der Waals surface area contributed by atoms with Crippen LogP contribution in [0.4, 0.5) is 0 Å². The smallest absolute Gasteiger partial charge is 0.222 e. The van der Waals surface area contributed by atoms with E-state index in [9.17, 15) is 13.2 Å². The third-order valence-corrected chi connectivity index (χ3v) is 6.22. The van der Waals surface area contributed by atoms with Gasteiger partial charge in [-0.1, -0.05) is 6.92 Å². The van der Waals surface area contributed by atoms with Crippen molar-refractivity contribution in [2.75, 3.05) is 45.5 Å². The van der Waals surface area contributed by atoms with Crippen molar-refractivity contribution in [3.63, 3.8) is 0 Å². The van der Waals surface area contributed by atoms with Crippen LogP contribution in [-0.2, 0) is 14.8 Å². The fourth-order valence-corrected chi connectivity index (χ4v) is 4.28. The van der Waals surface area contributed by atoms with Gasteiger partial charge in [-0.2, -0.15) is 0 Å². The molecule has 2 atom stereocenters. The molecule has 2 rings (SSSR count). The van der Waals surface area contributed by atoms with Gasteiger partial charge in [0.1, 0.15) is 0 Å². The summed E-state index contributed by atoms with van der Waals surface area (Å²) in [5, 5.41) is 3.40. The molecule has 1 N–H and O–H groups in total. The number of nitrogens with zero attached hydrogens (tertiary/aromatic N) is 2. The van der Waals surface area contributed by atoms with Crippen molar-refractivity contribution in [1.82, 2.24) is 14.5 Å². The van der Waals surface area contributed by atoms with Gasteiger partial charge < -0.3 is 10.2 Å². The van der Waals surface area contributed by atoms with E-state index >= 15 is 0 Å². The first kappa shape index (κ1) is 20.7. The average Bonchev–Trinajstić information content (AvgIpc) is 2.73. The number of amides is 1. The highest BCUT2D eigenvalue weighted by Gasteiger charge is 2.27. The van der Waals surface area contributed by atoms with Gasteiger partial charge >= 0.3 is 0 Å². The molecule has 0 bridgehead atoms. The summed E-state index contributed by atoms with van der Waals surface area (Å²) in [6, 6.07) is 0. The van der Waals surface area contributed by atoms with Gasteiger partial charge in [0.05, 0.1) is 6.26 Å². The highest BCUT2D eigenvalue weighted by molar-refractivity contribution is 7.88. The Labute approximate surface area is 146 Å². The maximum Gasteiger partial charge on any atom is 0.222 e. The minimum Gasteiger partial charge on any atom is -0.341 e. The Morgan fingerprint density at radius 1 is 1.22 bits per heavy atom. The van der Waals surface area contributed by atoms with Gasteiger partial charge in [0.2, 0.25) is 15.9 Å². The highest BCUT2D eigenvalue weighted by Crippen LogP contribution is 2.23. The fourth-order valence-electron chi connectivity index (χ4n) is 3.41. The van der Waals surface area contributed by atoms with Gasteiger partial charge in [0.15, 0.2) is 0 Å². The van der Waals surface area contributed by atoms with Gasteiger partial charge in [-0.25, -0.2) is 12.7 Å². The number of carbonyl (C=O) groups excluding carboxylic acids is 1. The lowest BCUT2D eigenvalue weighted by molar-refractivity contribution is -0.132. The summed E-state index contributed by atoms with van der Waals surface area (Å²) in [7, 11) is -3.15. The molecule has 2 aliphatic rings. The Morgan fingerprint density at radius 2 is 1.96 bits per heavy atom. The molecule has 0 aromatic carbocycles. The van der Waals surface area contributed by atoms with Gasteiger partial charge in [-0.3, -0.25) is 4.79 Å². The monoisotopic (exact) mass is 367 g/mol. The van der Waals surface area contributed by atoms with Crippen LogP contribution in [0.5, 0.6) is 0 Å². The Hall–Kier alpha value is -0.370. The number of hydrogen-bond donors (Lipinski definition) is 1. The topological polar surface area (TPSA) is 69.7 Å². The summed E-state index contributed by atoms with van der Waals surface area (Å²) >= 11 is 0. The molecular weight excluding hydrogens is 338 g/mol. The molecule has 1 amide bonds. The van der Waals surface area contributed by atoms with E-state index in [4.69, 9.17) is 0 Å². The predicted octanol–water partition coefficient (Wildman–Crippen LogP) is 0.928. The SMILES string of the molecule is CC(CC(=O)N1CCCN(S(C)(=O)=O)CC1)C1CCCNC1.Cl. The summed E-state index contributed by atoms with van der Waals surface area (Å²) in [6.45, 7) is 6.38. The lowest BCUT2D eigenvalue weighted by atomic mass is 9.85. The van der Waals surface area contributed by atoms with Crippen LogP contribution in [0.2, 0.25) is 0 Å². The molecule has 8 heteroatoms. The minimum absolute atomic E-state index is 0. The minimum atomic E-state index is -3.15. The average molecular weight is 368 g/mol. The van der Waals surface area contributed by atoms with Gasteiger partial charge in [0.25, 0.3) is 0 Å². The van der Waals surface area contributed by atoms with Crippen molar-refractivity contribution in [2.45, 2.75) is 32.6 Å². The van der Waals surface area contributed by atoms with Crippen molar-refractivity contribution < 1.29 is 13.2 Å². The number of sulfonamides is 1. The molecule has 0 aliphatic carbocycles. The van der Waals surface area contributed by atoms with Crippen molar-refractivity contribution in [3.8, 4) is 0 Å². The maximum atomic E-state index is 12.5. The van der Waals surface area contributed by atoms with E-state index in [2.05, 4.69) is 12.2 Å². The van der Waals surface area contributed by atoms with E-state index in [1.54, 1.807) is 0 Å². The van der Waals surface area contributed by atoms with Crippen LogP contribution in [0.1, 0.15) is 32.6 Å². The number of carbonyl (C=O) groups is 1. The summed E-state index contributed by atoms with van der Waals surface area (Å²) in [5.74, 6) is 1.14. The highest BCUT2D eigenvalue weighted by atomic mass is 35.5. The van der Waals surface area contributed by atoms with Crippen molar-refractivity contribution in [1.29, 1.82) is 0 Å². The van der Waals surface area contributed by atoms with E-state index < -0.39 is 10.0 Å². The van der Waals surface area contributed by atoms with E-state index in [0.29, 0.717) is 44.4 Å². The van der Waals surface area contributed by atoms with Crippen molar-refractivity contribution >= 4 is 28.3 Å². The van der Waals surface area contributed by atoms with Crippen LogP contribution < -0.4 is 5.32 Å². The first-order chi connectivity index (χ1) is 10.4. The van der Waals surface area contributed by atoms with Crippen LogP contribution in [0, 0.1) is 11.8 Å². The van der Waals surface area contributed by atoms with E-state index in [-0.39, 0.29) is 18.3 Å². The second-order valence-corrected chi connectivity index (χ2v) is 8.67. The Bertz CT molecular complexity index is 480. The first-order valence-corrected chi connectivity index (χ1v) is 10.2. The molecule has 2 fully saturated rings. The molecule has 23 heavy (non-hydrogen) atoms. The molecule has 2 unspecified atom stereocenters. The standard InChI is InChI=1S/C15H29N3O3S.ClH/c1-13(14-5-3-6-16-12-14)11-15(19)17-7-4-8-18(10-9-17)22(2,20)21;/h13-14,16H,3-12H2,1-2H3;1H. The predicted molar refractivity (Wildman–Crippen MR) is 94.2 cm³/mol. The van der Waals surface area contributed by atoms with E-state index in [0.717, 1.165) is 19.5 Å². The zero-order valence-electron chi connectivity index (χ0n) is 14.2. The molecule has 2 aliphatic heterocycles. The van der Waals surface area contributed by atoms with Crippen LogP contribution in [0.25, 0.3) is 0 Å². The van der Waals surface area contributed by atoms with Crippen LogP contribution in [0.15, 0.2) is 0 Å². The number of piperidine rings is 1. The second-order valence-electron chi connectivity index (χ2n) is 6.68. The van der Waals surface area contributed by atoms with Crippen molar-refractivity contribution in [3.05, 3.63) is 0 Å². The normalized spacial score (nSPS) is 25.3. The van der Waals surface area contributed by atoms with E-state index in [1.165, 1.54) is 23.4 Å². The van der Waals surface area contributed by atoms with Gasteiger partial charge in [0, 0.05) is 32.6 Å². The molecular formula is C15H30ClN3O3S. The summed E-state index contributed by atoms with van der Waals surface area (Å²) < 4.78 is 24.7. The zero-order chi connectivity index (χ0) is 16.2. The maximum absolute atomic E-state index is 12.5. The number of rotatable bonds is 4. The number of hydrogen-bond acceptors (Lipinski definition) is 4.